The molecule has 0 saturated heterocycles. The highest BCUT2D eigenvalue weighted by Gasteiger charge is 2.18. The third kappa shape index (κ3) is 3.96. The number of nitriles is 2. The van der Waals surface area contributed by atoms with Crippen LogP contribution in [0.15, 0.2) is 51.2 Å². The smallest absolute Gasteiger partial charge is 0.258 e. The van der Waals surface area contributed by atoms with Crippen molar-refractivity contribution in [2.75, 3.05) is 0 Å². The largest absolute Gasteiger partial charge is 0.283 e. The van der Waals surface area contributed by atoms with Gasteiger partial charge in [-0.1, -0.05) is 17.8 Å². The van der Waals surface area contributed by atoms with E-state index in [0.717, 1.165) is 11.8 Å². The fourth-order valence-corrected chi connectivity index (χ4v) is 4.39. The molecule has 0 N–H and O–H groups in total. The minimum atomic E-state index is -0.559. The van der Waals surface area contributed by atoms with Gasteiger partial charge in [-0.15, -0.1) is 11.3 Å². The van der Waals surface area contributed by atoms with Crippen LogP contribution < -0.4 is 0 Å². The van der Waals surface area contributed by atoms with Crippen LogP contribution in [0.4, 0.5) is 11.4 Å². The fraction of sp³-hybridized carbons (Fsp3) is 0. The molecule has 0 atom stereocenters. The Balaban J connectivity index is 1.98. The number of fused-ring (bicyclic) bond motifs is 1. The molecule has 0 aliphatic heterocycles. The third-order valence-electron chi connectivity index (χ3n) is 3.49. The molecule has 1 aromatic heterocycles. The van der Waals surface area contributed by atoms with Crippen molar-refractivity contribution in [2.45, 2.75) is 9.24 Å². The molecule has 9 nitrogen and oxygen atoms in total. The highest BCUT2D eigenvalue weighted by Crippen LogP contribution is 2.39. The zero-order valence-corrected chi connectivity index (χ0v) is 15.4. The molecule has 3 aromatic rings. The number of nitrogens with zero attached hydrogens (tertiary/aromatic N) is 5. The number of thiazole rings is 1. The average molecular weight is 409 g/mol. The van der Waals surface area contributed by atoms with Gasteiger partial charge in [0.15, 0.2) is 4.34 Å². The summed E-state index contributed by atoms with van der Waals surface area (Å²) in [5, 5.41) is 39.9. The Labute approximate surface area is 165 Å². The Morgan fingerprint density at radius 1 is 1.11 bits per heavy atom. The van der Waals surface area contributed by atoms with Gasteiger partial charge in [0.05, 0.1) is 25.0 Å². The van der Waals surface area contributed by atoms with Crippen LogP contribution >= 0.6 is 23.1 Å². The molecule has 0 aliphatic carbocycles. The maximum absolute atomic E-state index is 11.4. The van der Waals surface area contributed by atoms with Crippen LogP contribution in [0.25, 0.3) is 16.3 Å². The van der Waals surface area contributed by atoms with Crippen LogP contribution in [0.1, 0.15) is 5.56 Å². The fourth-order valence-electron chi connectivity index (χ4n) is 2.25. The second kappa shape index (κ2) is 7.84. The average Bonchev–Trinajstić information content (AvgIpc) is 3.08. The Hall–Kier alpha value is -3.80. The molecule has 3 rings (SSSR count). The number of benzene rings is 2. The molecule has 0 unspecified atom stereocenters. The lowest BCUT2D eigenvalue weighted by atomic mass is 10.1. The predicted octanol–water partition coefficient (Wildman–Crippen LogP) is 4.69. The summed E-state index contributed by atoms with van der Waals surface area (Å²) >= 11 is 2.26. The summed E-state index contributed by atoms with van der Waals surface area (Å²) < 4.78 is 1.10. The standard InChI is InChI=1S/C17H7N5O4S2/c18-8-11(9-19)5-10-1-4-15(14(6-10)22(25)26)27-17-20-13-3-2-12(21(23)24)7-16(13)28-17/h1-7H. The summed E-state index contributed by atoms with van der Waals surface area (Å²) in [5.74, 6) is 0. The number of allylic oxidation sites excluding steroid dienone is 1. The summed E-state index contributed by atoms with van der Waals surface area (Å²) in [6.45, 7) is 0. The number of nitro groups is 2. The van der Waals surface area contributed by atoms with Crippen molar-refractivity contribution in [1.29, 1.82) is 10.5 Å². The van der Waals surface area contributed by atoms with Crippen LogP contribution in [0.3, 0.4) is 0 Å². The first-order valence-corrected chi connectivity index (χ1v) is 9.07. The maximum atomic E-state index is 11.4. The molecule has 136 valence electrons. The Kier molecular flexibility index (Phi) is 5.31. The quantitative estimate of drug-likeness (QED) is 0.335. The first kappa shape index (κ1) is 19.0. The minimum absolute atomic E-state index is 0.0550. The predicted molar refractivity (Wildman–Crippen MR) is 103 cm³/mol. The highest BCUT2D eigenvalue weighted by molar-refractivity contribution is 8.01. The summed E-state index contributed by atoms with van der Waals surface area (Å²) in [7, 11) is 0. The minimum Gasteiger partial charge on any atom is -0.258 e. The van der Waals surface area contributed by atoms with Gasteiger partial charge in [0.1, 0.15) is 17.7 Å². The van der Waals surface area contributed by atoms with Gasteiger partial charge < -0.3 is 0 Å². The Morgan fingerprint density at radius 3 is 2.50 bits per heavy atom. The van der Waals surface area contributed by atoms with Gasteiger partial charge in [-0.25, -0.2) is 4.98 Å². The van der Waals surface area contributed by atoms with Crippen molar-refractivity contribution in [2.24, 2.45) is 0 Å². The van der Waals surface area contributed by atoms with E-state index in [-0.39, 0.29) is 16.9 Å². The van der Waals surface area contributed by atoms with Gasteiger partial charge in [0.2, 0.25) is 0 Å². The number of non-ortho nitro benzene ring substituents is 1. The molecule has 0 saturated carbocycles. The third-order valence-corrected chi connectivity index (χ3v) is 5.64. The molecule has 0 spiro atoms. The van der Waals surface area contributed by atoms with Crippen molar-refractivity contribution in [3.05, 3.63) is 67.8 Å². The van der Waals surface area contributed by atoms with Gasteiger partial charge >= 0.3 is 0 Å². The van der Waals surface area contributed by atoms with E-state index in [1.165, 1.54) is 47.7 Å². The monoisotopic (exact) mass is 409 g/mol. The van der Waals surface area contributed by atoms with E-state index in [1.54, 1.807) is 18.2 Å². The van der Waals surface area contributed by atoms with Crippen LogP contribution in [-0.4, -0.2) is 14.8 Å². The lowest BCUT2D eigenvalue weighted by Gasteiger charge is -2.02. The molecule has 0 bridgehead atoms. The Bertz CT molecular complexity index is 1220. The molecule has 1 heterocycles. The van der Waals surface area contributed by atoms with E-state index in [1.807, 2.05) is 0 Å². The molecular formula is C17H7N5O4S2. The van der Waals surface area contributed by atoms with Gasteiger partial charge in [0.25, 0.3) is 11.4 Å². The van der Waals surface area contributed by atoms with Gasteiger partial charge in [-0.3, -0.25) is 20.2 Å². The number of rotatable bonds is 5. The van der Waals surface area contributed by atoms with E-state index in [0.29, 0.717) is 25.0 Å². The zero-order chi connectivity index (χ0) is 20.3. The molecule has 0 radical (unpaired) electrons. The van der Waals surface area contributed by atoms with Gasteiger partial charge in [-0.2, -0.15) is 10.5 Å². The van der Waals surface area contributed by atoms with E-state index in [9.17, 15) is 20.2 Å². The van der Waals surface area contributed by atoms with Crippen LogP contribution in [0.5, 0.6) is 0 Å². The van der Waals surface area contributed by atoms with E-state index in [2.05, 4.69) is 4.98 Å². The van der Waals surface area contributed by atoms with Crippen LogP contribution in [-0.2, 0) is 0 Å². The highest BCUT2D eigenvalue weighted by atomic mass is 32.2. The topological polar surface area (TPSA) is 147 Å². The lowest BCUT2D eigenvalue weighted by Crippen LogP contribution is -1.92. The van der Waals surface area contributed by atoms with E-state index in [4.69, 9.17) is 10.5 Å². The number of hydrogen-bond donors (Lipinski definition) is 0. The van der Waals surface area contributed by atoms with E-state index < -0.39 is 9.85 Å². The van der Waals surface area contributed by atoms with Gasteiger partial charge in [-0.05, 0) is 23.8 Å². The van der Waals surface area contributed by atoms with Crippen molar-refractivity contribution >= 4 is 50.8 Å². The van der Waals surface area contributed by atoms with Crippen LogP contribution in [0.2, 0.25) is 0 Å². The molecule has 11 heteroatoms. The van der Waals surface area contributed by atoms with Crippen molar-refractivity contribution < 1.29 is 9.85 Å². The molecule has 0 fully saturated rings. The molecule has 0 aliphatic rings. The Morgan fingerprint density at radius 2 is 1.86 bits per heavy atom. The second-order valence-corrected chi connectivity index (χ2v) is 7.58. The molecule has 0 amide bonds. The summed E-state index contributed by atoms with van der Waals surface area (Å²) in [6.07, 6.45) is 1.26. The molecule has 2 aromatic carbocycles. The number of hydrogen-bond acceptors (Lipinski definition) is 9. The zero-order valence-electron chi connectivity index (χ0n) is 13.7. The second-order valence-electron chi connectivity index (χ2n) is 5.26. The SMILES string of the molecule is N#CC(C#N)=Cc1ccc(Sc2nc3ccc([N+](=O)[O-])cc3s2)c([N+](=O)[O-])c1. The number of aromatic nitrogens is 1. The maximum Gasteiger partial charge on any atom is 0.283 e. The summed E-state index contributed by atoms with van der Waals surface area (Å²) in [4.78, 5) is 25.9. The van der Waals surface area contributed by atoms with Gasteiger partial charge in [0, 0.05) is 18.2 Å². The van der Waals surface area contributed by atoms with Crippen LogP contribution in [0, 0.1) is 42.9 Å². The number of nitro benzene ring substituents is 2. The molecule has 28 heavy (non-hydrogen) atoms. The first-order chi connectivity index (χ1) is 13.4. The summed E-state index contributed by atoms with van der Waals surface area (Å²) in [5.41, 5.74) is 0.504. The summed E-state index contributed by atoms with van der Waals surface area (Å²) in [6, 6.07) is 12.0. The lowest BCUT2D eigenvalue weighted by molar-refractivity contribution is -0.387. The van der Waals surface area contributed by atoms with Crippen molar-refractivity contribution in [1.82, 2.24) is 4.98 Å². The van der Waals surface area contributed by atoms with Crippen molar-refractivity contribution in [3.63, 3.8) is 0 Å². The normalized spacial score (nSPS) is 10.1. The first-order valence-electron chi connectivity index (χ1n) is 7.44. The van der Waals surface area contributed by atoms with E-state index >= 15 is 0 Å². The molecular weight excluding hydrogens is 402 g/mol. The van der Waals surface area contributed by atoms with Crippen molar-refractivity contribution in [3.8, 4) is 12.1 Å².